The molecule has 524 valence electrons. The van der Waals surface area contributed by atoms with Gasteiger partial charge in [0.15, 0.2) is 0 Å². The van der Waals surface area contributed by atoms with Crippen molar-refractivity contribution >= 4 is 58.7 Å². The van der Waals surface area contributed by atoms with Gasteiger partial charge < -0.3 is 67.0 Å². The molecule has 23 nitrogen and oxygen atoms in total. The van der Waals surface area contributed by atoms with E-state index in [-0.39, 0.29) is 96.8 Å². The Labute approximate surface area is 564 Å². The Morgan fingerprint density at radius 1 is 0.729 bits per heavy atom. The quantitative estimate of drug-likeness (QED) is 0.0519. The highest BCUT2D eigenvalue weighted by Crippen LogP contribution is 2.37. The number of nitrogens with one attached hydrogen (secondary N) is 8. The fourth-order valence-electron chi connectivity index (χ4n) is 16.1. The van der Waals surface area contributed by atoms with Crippen molar-refractivity contribution in [3.05, 3.63) is 77.1 Å². The van der Waals surface area contributed by atoms with E-state index in [1.807, 2.05) is 24.3 Å². The van der Waals surface area contributed by atoms with Gasteiger partial charge in [-0.3, -0.25) is 38.5 Å². The molecule has 11 rings (SSSR count). The number of piperidine rings is 2. The average molecular weight is 1330 g/mol. The summed E-state index contributed by atoms with van der Waals surface area (Å²) in [5, 5.41) is 25.0. The SMILES string of the molecule is CN[C@@H](C)C(=O)N[C@H](C(=O)N1C[C@@H](NC(=O)CCC(=O)NCCN2C[C@@H]3CN(CCC(=O)NCCCNc4cc(N5CCC6(CC5)CN(c5cc(F)c(CN7CCC(C)(C)CC7)cc5F)CC(=O)N6)ncn4)C[C@@H]3C2)C[C@H]1C(=O)N[C@@H]1CCCc2ccccc21)C1CCCCC1. The third-order valence-electron chi connectivity index (χ3n) is 22.0. The van der Waals surface area contributed by atoms with Gasteiger partial charge in [0.05, 0.1) is 29.9 Å². The number of likely N-dealkylation sites (tertiary alicyclic amines) is 4. The molecule has 6 saturated heterocycles. The maximum Gasteiger partial charge on any atom is 0.246 e. The van der Waals surface area contributed by atoms with E-state index in [4.69, 9.17) is 0 Å². The summed E-state index contributed by atoms with van der Waals surface area (Å²) in [7, 11) is 1.70. The number of anilines is 3. The molecular formula is C71H104F2N16O7. The van der Waals surface area contributed by atoms with Crippen LogP contribution in [0.3, 0.4) is 0 Å². The van der Waals surface area contributed by atoms with Crippen LogP contribution < -0.4 is 52.3 Å². The van der Waals surface area contributed by atoms with Crippen molar-refractivity contribution < 1.29 is 42.3 Å². The summed E-state index contributed by atoms with van der Waals surface area (Å²) in [6.45, 7) is 16.6. The number of piperazine rings is 1. The normalized spacial score (nSPS) is 24.3. The van der Waals surface area contributed by atoms with E-state index in [1.165, 1.54) is 24.0 Å². The van der Waals surface area contributed by atoms with Gasteiger partial charge >= 0.3 is 0 Å². The Bertz CT molecular complexity index is 3210. The molecule has 0 radical (unpaired) electrons. The summed E-state index contributed by atoms with van der Waals surface area (Å²) in [6, 6.07) is 9.71. The molecule has 7 atom stereocenters. The molecule has 7 fully saturated rings. The summed E-state index contributed by atoms with van der Waals surface area (Å²) in [4.78, 5) is 116. The molecular weight excluding hydrogens is 1230 g/mol. The van der Waals surface area contributed by atoms with E-state index >= 15 is 8.78 Å². The maximum absolute atomic E-state index is 15.8. The molecule has 2 aliphatic carbocycles. The van der Waals surface area contributed by atoms with Crippen LogP contribution in [0.4, 0.5) is 26.1 Å². The van der Waals surface area contributed by atoms with Gasteiger partial charge in [-0.2, -0.15) is 0 Å². The molecule has 7 heterocycles. The van der Waals surface area contributed by atoms with Crippen molar-refractivity contribution in [1.82, 2.24) is 66.8 Å². The molecule has 3 aromatic rings. The molecule has 96 heavy (non-hydrogen) atoms. The Morgan fingerprint density at radius 2 is 1.44 bits per heavy atom. The van der Waals surface area contributed by atoms with Gasteiger partial charge in [-0.05, 0) is 138 Å². The predicted octanol–water partition coefficient (Wildman–Crippen LogP) is 4.37. The van der Waals surface area contributed by atoms with Crippen LogP contribution in [0, 0.1) is 34.8 Å². The molecule has 1 saturated carbocycles. The average Bonchev–Trinajstić information content (AvgIpc) is 0.848. The molecule has 0 unspecified atom stereocenters. The lowest BCUT2D eigenvalue weighted by Crippen LogP contribution is -2.66. The fourth-order valence-corrected chi connectivity index (χ4v) is 16.1. The minimum Gasteiger partial charge on any atom is -0.370 e. The number of likely N-dealkylation sites (N-methyl/N-ethyl adjacent to an activating group) is 1. The number of carbonyl (C=O) groups is 7. The third kappa shape index (κ3) is 18.2. The van der Waals surface area contributed by atoms with E-state index in [0.29, 0.717) is 108 Å². The first-order valence-electron chi connectivity index (χ1n) is 35.8. The minimum atomic E-state index is -0.855. The van der Waals surface area contributed by atoms with E-state index in [0.717, 1.165) is 115 Å². The summed E-state index contributed by atoms with van der Waals surface area (Å²) < 4.78 is 31.3. The third-order valence-corrected chi connectivity index (χ3v) is 22.0. The first-order chi connectivity index (χ1) is 46.3. The highest BCUT2D eigenvalue weighted by molar-refractivity contribution is 5.94. The number of aryl methyl sites for hydroxylation is 1. The van der Waals surface area contributed by atoms with Gasteiger partial charge in [0, 0.05) is 135 Å². The summed E-state index contributed by atoms with van der Waals surface area (Å²) in [6.07, 6.45) is 13.3. The number of carbonyl (C=O) groups excluding carboxylic acids is 7. The van der Waals surface area contributed by atoms with E-state index in [9.17, 15) is 33.6 Å². The van der Waals surface area contributed by atoms with Crippen LogP contribution in [0.25, 0.3) is 0 Å². The monoisotopic (exact) mass is 1330 g/mol. The first kappa shape index (κ1) is 70.2. The number of nitrogens with zero attached hydrogens (tertiary/aromatic N) is 8. The summed E-state index contributed by atoms with van der Waals surface area (Å²) >= 11 is 0. The number of halogens is 2. The Hall–Kier alpha value is -7.09. The van der Waals surface area contributed by atoms with Crippen LogP contribution in [0.15, 0.2) is 48.8 Å². The lowest BCUT2D eigenvalue weighted by atomic mass is 9.82. The van der Waals surface area contributed by atoms with E-state index in [2.05, 4.69) is 92.0 Å². The Morgan fingerprint density at radius 3 is 2.19 bits per heavy atom. The number of rotatable bonds is 26. The van der Waals surface area contributed by atoms with E-state index < -0.39 is 41.3 Å². The molecule has 1 spiro atoms. The van der Waals surface area contributed by atoms with Gasteiger partial charge in [-0.25, -0.2) is 18.7 Å². The van der Waals surface area contributed by atoms with Gasteiger partial charge in [-0.1, -0.05) is 57.4 Å². The first-order valence-corrected chi connectivity index (χ1v) is 35.8. The second kappa shape index (κ2) is 32.1. The molecule has 6 aliphatic heterocycles. The zero-order valence-electron chi connectivity index (χ0n) is 57.0. The molecule has 1 aromatic heterocycles. The highest BCUT2D eigenvalue weighted by Gasteiger charge is 2.47. The number of amides is 7. The zero-order valence-corrected chi connectivity index (χ0v) is 57.0. The van der Waals surface area contributed by atoms with Crippen molar-refractivity contribution in [2.45, 2.75) is 172 Å². The van der Waals surface area contributed by atoms with Crippen LogP contribution in [-0.4, -0.2) is 212 Å². The van der Waals surface area contributed by atoms with E-state index in [1.54, 1.807) is 23.8 Å². The molecule has 2 aromatic carbocycles. The van der Waals surface area contributed by atoms with Crippen LogP contribution in [0.2, 0.25) is 0 Å². The molecule has 8 N–H and O–H groups in total. The van der Waals surface area contributed by atoms with Crippen LogP contribution in [0.1, 0.15) is 146 Å². The van der Waals surface area contributed by atoms with Crippen LogP contribution >= 0.6 is 0 Å². The second-order valence-electron chi connectivity index (χ2n) is 29.6. The van der Waals surface area contributed by atoms with Crippen molar-refractivity contribution in [3.8, 4) is 0 Å². The fraction of sp³-hybridized carbons (Fsp3) is 0.676. The number of fused-ring (bicyclic) bond motifs is 2. The number of aromatic nitrogens is 2. The van der Waals surface area contributed by atoms with Crippen molar-refractivity contribution in [1.29, 1.82) is 0 Å². The Balaban J connectivity index is 0.551. The molecule has 8 aliphatic rings. The summed E-state index contributed by atoms with van der Waals surface area (Å²) in [5.41, 5.74) is 2.41. The van der Waals surface area contributed by atoms with Crippen molar-refractivity contribution in [3.63, 3.8) is 0 Å². The van der Waals surface area contributed by atoms with Crippen LogP contribution in [-0.2, 0) is 46.5 Å². The van der Waals surface area contributed by atoms with Gasteiger partial charge in [0.2, 0.25) is 41.4 Å². The summed E-state index contributed by atoms with van der Waals surface area (Å²) in [5.74, 6) is -0.235. The van der Waals surface area contributed by atoms with Crippen molar-refractivity contribution in [2.24, 2.45) is 23.2 Å². The lowest BCUT2D eigenvalue weighted by molar-refractivity contribution is -0.143. The zero-order chi connectivity index (χ0) is 67.5. The smallest absolute Gasteiger partial charge is 0.246 e. The minimum absolute atomic E-state index is 0.000991. The molecule has 25 heteroatoms. The maximum atomic E-state index is 15.8. The van der Waals surface area contributed by atoms with Gasteiger partial charge in [0.25, 0.3) is 0 Å². The number of hydrogen-bond acceptors (Lipinski definition) is 16. The predicted molar refractivity (Wildman–Crippen MR) is 363 cm³/mol. The topological polar surface area (TPSA) is 261 Å². The number of hydrogen-bond donors (Lipinski definition) is 8. The van der Waals surface area contributed by atoms with Gasteiger partial charge in [-0.15, -0.1) is 0 Å². The van der Waals surface area contributed by atoms with Gasteiger partial charge in [0.1, 0.15) is 41.7 Å². The standard InChI is InChI=1S/C71H104F2N16O7/c1-47(74-4)67(94)82-66(49-13-6-5-7-14-49)69(96)89-43-53(35-59(89)68(95)81-57-17-10-15-48-12-8-9-16-54(48)57)80-64(92)19-18-62(90)77-27-33-86-41-51-39-85(40-52(51)42-86)28-20-63(91)76-26-11-25-75-60-37-61(79-46-78-60)87-31-23-71(24-32-87)45-88(44-65(93)83-71)58-36-55(72)50(34-56(58)73)38-84-29-21-70(2,3)22-30-84/h8-9,12,16,34,36-37,46-47,49,51-53,57,59,66,74H,5-7,10-11,13-15,17-33,35,38-45H2,1-4H3,(H,76,91)(H,77,90)(H,80,92)(H,81,95)(H,82,94)(H,83,93)(H,75,78,79)/t47-,51-,52+,53-,57+,59-,66-/m0/s1. The van der Waals surface area contributed by atoms with Crippen molar-refractivity contribution in [2.75, 3.05) is 127 Å². The highest BCUT2D eigenvalue weighted by atomic mass is 19.1. The lowest BCUT2D eigenvalue weighted by Gasteiger charge is -2.48. The number of benzene rings is 2. The largest absolute Gasteiger partial charge is 0.370 e. The molecule has 7 amide bonds. The Kier molecular flexibility index (Phi) is 23.5. The second-order valence-corrected chi connectivity index (χ2v) is 29.6. The molecule has 0 bridgehead atoms. The van der Waals surface area contributed by atoms with Crippen LogP contribution in [0.5, 0.6) is 0 Å².